The Hall–Kier alpha value is -0.720. The molecule has 0 radical (unpaired) electrons. The number of ether oxygens (including phenoxy) is 1. The van der Waals surface area contributed by atoms with Gasteiger partial charge in [-0.3, -0.25) is 0 Å². The quantitative estimate of drug-likeness (QED) is 0.834. The lowest BCUT2D eigenvalue weighted by molar-refractivity contribution is 0.403. The summed E-state index contributed by atoms with van der Waals surface area (Å²) in [7, 11) is -3.80. The number of rotatable bonds is 4. The molecule has 0 aliphatic heterocycles. The predicted octanol–water partition coefficient (Wildman–Crippen LogP) is 2.01. The minimum Gasteiger partial charge on any atom is -0.496 e. The van der Waals surface area contributed by atoms with Gasteiger partial charge in [-0.15, -0.1) is 0 Å². The van der Waals surface area contributed by atoms with E-state index in [1.54, 1.807) is 25.7 Å². The minimum atomic E-state index is -3.47. The van der Waals surface area contributed by atoms with Crippen molar-refractivity contribution in [3.63, 3.8) is 0 Å². The highest BCUT2D eigenvalue weighted by atomic mass is 32.3. The number of hydrogen-bond acceptors (Lipinski definition) is 4. The van der Waals surface area contributed by atoms with Gasteiger partial charge in [-0.05, 0) is 24.6 Å². The van der Waals surface area contributed by atoms with Crippen LogP contribution in [0.15, 0.2) is 29.2 Å². The second-order valence-electron chi connectivity index (χ2n) is 3.66. The summed E-state index contributed by atoms with van der Waals surface area (Å²) in [5.74, 6) is 0.645. The molecule has 1 rings (SSSR count). The average molecular weight is 264 g/mol. The summed E-state index contributed by atoms with van der Waals surface area (Å²) in [4.78, 5) is 0.780. The smallest absolute Gasteiger partial charge is 0.273 e. The molecule has 0 saturated carbocycles. The van der Waals surface area contributed by atoms with Crippen LogP contribution in [0.25, 0.3) is 0 Å². The van der Waals surface area contributed by atoms with E-state index in [1.807, 2.05) is 18.2 Å². The van der Waals surface area contributed by atoms with E-state index in [-0.39, 0.29) is 0 Å². The van der Waals surface area contributed by atoms with Gasteiger partial charge in [0.1, 0.15) is 5.75 Å². The van der Waals surface area contributed by atoms with Gasteiger partial charge in [0.15, 0.2) is 0 Å². The number of methoxy groups -OCH3 is 1. The molecule has 6 heteroatoms. The van der Waals surface area contributed by atoms with E-state index in [1.165, 1.54) is 0 Å². The zero-order valence-corrected chi connectivity index (χ0v) is 11.4. The first-order valence-corrected chi connectivity index (χ1v) is 8.73. The van der Waals surface area contributed by atoms with Crippen molar-refractivity contribution in [3.05, 3.63) is 24.3 Å². The lowest BCUT2D eigenvalue weighted by Gasteiger charge is -2.30. The van der Waals surface area contributed by atoms with Crippen LogP contribution in [0.3, 0.4) is 0 Å². The zero-order valence-electron chi connectivity index (χ0n) is 9.76. The molecule has 92 valence electrons. The molecule has 0 N–H and O–H groups in total. The first-order valence-electron chi connectivity index (χ1n) is 4.54. The third kappa shape index (κ3) is 3.40. The Labute approximate surface area is 98.2 Å². The highest BCUT2D eigenvalue weighted by Crippen LogP contribution is 2.54. The highest BCUT2D eigenvalue weighted by Gasteiger charge is 2.24. The van der Waals surface area contributed by atoms with Gasteiger partial charge >= 0.3 is 0 Å². The van der Waals surface area contributed by atoms with E-state index in [9.17, 15) is 8.42 Å². The fourth-order valence-corrected chi connectivity index (χ4v) is 5.18. The normalized spacial score (nSPS) is 13.5. The molecule has 0 aliphatic rings. The van der Waals surface area contributed by atoms with Crippen LogP contribution in [-0.4, -0.2) is 34.3 Å². The van der Waals surface area contributed by atoms with Crippen molar-refractivity contribution in [2.45, 2.75) is 4.90 Å². The Balaban J connectivity index is 3.16. The van der Waals surface area contributed by atoms with Crippen LogP contribution in [0.5, 0.6) is 5.75 Å². The van der Waals surface area contributed by atoms with Crippen LogP contribution in [-0.2, 0) is 13.7 Å². The van der Waals surface area contributed by atoms with Gasteiger partial charge in [0, 0.05) is 0 Å². The maximum atomic E-state index is 11.2. The van der Waals surface area contributed by atoms with Crippen LogP contribution in [0.2, 0.25) is 0 Å². The molecular formula is C10H16O4S2. The molecule has 1 aromatic carbocycles. The largest absolute Gasteiger partial charge is 0.496 e. The standard InChI is InChI=1S/C10H16O4S2/c1-13-9-7-5-6-8-10(9)15(2,3)14-16(4,11)12/h5-8H,1-4H3. The van der Waals surface area contributed by atoms with E-state index in [2.05, 4.69) is 0 Å². The van der Waals surface area contributed by atoms with Gasteiger partial charge in [0.25, 0.3) is 10.1 Å². The van der Waals surface area contributed by atoms with E-state index in [4.69, 9.17) is 8.37 Å². The Kier molecular flexibility index (Phi) is 3.88. The average Bonchev–Trinajstić information content (AvgIpc) is 2.14. The minimum absolute atomic E-state index is 0.645. The molecular weight excluding hydrogens is 248 g/mol. The van der Waals surface area contributed by atoms with Crippen molar-refractivity contribution in [1.82, 2.24) is 0 Å². The maximum absolute atomic E-state index is 11.2. The van der Waals surface area contributed by atoms with Crippen molar-refractivity contribution in [3.8, 4) is 5.75 Å². The molecule has 16 heavy (non-hydrogen) atoms. The number of para-hydroxylation sites is 1. The molecule has 0 heterocycles. The molecule has 0 aliphatic carbocycles. The molecule has 1 aromatic rings. The summed E-state index contributed by atoms with van der Waals surface area (Å²) in [5.41, 5.74) is 0. The van der Waals surface area contributed by atoms with Crippen LogP contribution < -0.4 is 4.74 Å². The summed E-state index contributed by atoms with van der Waals surface area (Å²) in [5, 5.41) is 0. The van der Waals surface area contributed by atoms with Gasteiger partial charge in [-0.2, -0.15) is 8.42 Å². The third-order valence-electron chi connectivity index (χ3n) is 1.89. The van der Waals surface area contributed by atoms with E-state index in [0.29, 0.717) is 5.75 Å². The molecule has 0 bridgehead atoms. The van der Waals surface area contributed by atoms with Crippen LogP contribution >= 0.6 is 10.3 Å². The van der Waals surface area contributed by atoms with Crippen LogP contribution in [0, 0.1) is 0 Å². The summed E-state index contributed by atoms with van der Waals surface area (Å²) in [6, 6.07) is 7.27. The molecule has 0 spiro atoms. The lowest BCUT2D eigenvalue weighted by atomic mass is 10.3. The fourth-order valence-electron chi connectivity index (χ4n) is 1.37. The Morgan fingerprint density at radius 1 is 1.06 bits per heavy atom. The van der Waals surface area contributed by atoms with Crippen LogP contribution in [0.1, 0.15) is 0 Å². The number of hydrogen-bond donors (Lipinski definition) is 0. The monoisotopic (exact) mass is 264 g/mol. The lowest BCUT2D eigenvalue weighted by Crippen LogP contribution is -2.09. The topological polar surface area (TPSA) is 52.6 Å². The summed E-state index contributed by atoms with van der Waals surface area (Å²) in [6.45, 7) is 0. The van der Waals surface area contributed by atoms with E-state index >= 15 is 0 Å². The Morgan fingerprint density at radius 2 is 1.62 bits per heavy atom. The SMILES string of the molecule is COc1ccccc1S(C)(C)OS(C)(=O)=O. The highest BCUT2D eigenvalue weighted by molar-refractivity contribution is 8.32. The van der Waals surface area contributed by atoms with Gasteiger partial charge < -0.3 is 4.74 Å². The first kappa shape index (κ1) is 13.3. The molecule has 0 aromatic heterocycles. The molecule has 0 saturated heterocycles. The molecule has 4 nitrogen and oxygen atoms in total. The Morgan fingerprint density at radius 3 is 2.12 bits per heavy atom. The van der Waals surface area contributed by atoms with Gasteiger partial charge in [0.05, 0.1) is 18.3 Å². The second kappa shape index (κ2) is 4.65. The van der Waals surface area contributed by atoms with Crippen molar-refractivity contribution in [2.24, 2.45) is 0 Å². The zero-order chi connectivity index (χ0) is 12.4. The second-order valence-corrected chi connectivity index (χ2v) is 8.51. The molecule has 0 unspecified atom stereocenters. The summed E-state index contributed by atoms with van der Waals surface area (Å²) in [6.07, 6.45) is 4.59. The summed E-state index contributed by atoms with van der Waals surface area (Å²) < 4.78 is 32.7. The predicted molar refractivity (Wildman–Crippen MR) is 66.6 cm³/mol. The van der Waals surface area contributed by atoms with Crippen molar-refractivity contribution in [2.75, 3.05) is 25.9 Å². The number of benzene rings is 1. The van der Waals surface area contributed by atoms with Crippen molar-refractivity contribution in [1.29, 1.82) is 0 Å². The van der Waals surface area contributed by atoms with Gasteiger partial charge in [0.2, 0.25) is 0 Å². The van der Waals surface area contributed by atoms with Crippen LogP contribution in [0.4, 0.5) is 0 Å². The third-order valence-corrected chi connectivity index (χ3v) is 5.64. The van der Waals surface area contributed by atoms with Gasteiger partial charge in [-0.25, -0.2) is 3.63 Å². The molecule has 0 amide bonds. The van der Waals surface area contributed by atoms with Crippen molar-refractivity contribution < 1.29 is 16.8 Å². The molecule has 0 fully saturated rings. The van der Waals surface area contributed by atoms with Crippen molar-refractivity contribution >= 4 is 20.4 Å². The van der Waals surface area contributed by atoms with E-state index < -0.39 is 20.4 Å². The van der Waals surface area contributed by atoms with Gasteiger partial charge in [-0.1, -0.05) is 22.4 Å². The van der Waals surface area contributed by atoms with E-state index in [0.717, 1.165) is 11.2 Å². The first-order chi connectivity index (χ1) is 7.26. The Bertz CT molecular complexity index is 465. The molecule has 0 atom stereocenters. The fraction of sp³-hybridized carbons (Fsp3) is 0.400. The maximum Gasteiger partial charge on any atom is 0.273 e. The summed E-state index contributed by atoms with van der Waals surface area (Å²) >= 11 is 0.